The topological polar surface area (TPSA) is 49.8 Å². The molecule has 0 aromatic heterocycles. The number of rotatable bonds is 12. The maximum Gasteiger partial charge on any atom is 0.187 e. The minimum Gasteiger partial charge on any atom is -0.477 e. The largest absolute Gasteiger partial charge is 0.477 e. The molecule has 0 aliphatic carbocycles. The summed E-state index contributed by atoms with van der Waals surface area (Å²) in [7, 11) is 0. The van der Waals surface area contributed by atoms with Crippen molar-refractivity contribution in [2.75, 3.05) is 11.5 Å². The van der Waals surface area contributed by atoms with E-state index < -0.39 is 5.60 Å². The molecule has 0 saturated heterocycles. The van der Waals surface area contributed by atoms with Gasteiger partial charge in [0.05, 0.1) is 6.61 Å². The number of benzene rings is 5. The lowest BCUT2D eigenvalue weighted by atomic mass is 9.93. The molecule has 45 heavy (non-hydrogen) atoms. The molecule has 5 rings (SSSR count). The number of carbonyl (C=O) groups excluding carboxylic acids is 1. The molecule has 1 atom stereocenters. The molecule has 0 heterocycles. The van der Waals surface area contributed by atoms with Crippen LogP contribution in [0.1, 0.15) is 43.0 Å². The predicted octanol–water partition coefficient (Wildman–Crippen LogP) is 9.58. The van der Waals surface area contributed by atoms with Crippen LogP contribution in [-0.2, 0) is 17.6 Å². The molecular formula is C41H43NO3. The third kappa shape index (κ3) is 7.71. The van der Waals surface area contributed by atoms with E-state index in [1.54, 1.807) is 6.92 Å². The maximum absolute atomic E-state index is 12.6. The average Bonchev–Trinajstić information content (AvgIpc) is 3.06. The SMILES string of the molecule is Cc1ccc(-c2ccc(N(c3ccc(C)cc3)c3ccc(CCc4ccc(OC(C)(CO)C(=O)C(C)C)cc4)cc3)cc2)cc1. The highest BCUT2D eigenvalue weighted by Crippen LogP contribution is 2.36. The van der Waals surface area contributed by atoms with Crippen LogP contribution in [0.3, 0.4) is 0 Å². The second-order valence-corrected chi connectivity index (χ2v) is 12.4. The molecular weight excluding hydrogens is 554 g/mol. The fourth-order valence-corrected chi connectivity index (χ4v) is 5.55. The van der Waals surface area contributed by atoms with Crippen molar-refractivity contribution in [3.63, 3.8) is 0 Å². The van der Waals surface area contributed by atoms with Crippen molar-refractivity contribution < 1.29 is 14.6 Å². The van der Waals surface area contributed by atoms with Crippen molar-refractivity contribution in [1.29, 1.82) is 0 Å². The zero-order chi connectivity index (χ0) is 32.0. The summed E-state index contributed by atoms with van der Waals surface area (Å²) >= 11 is 0. The molecule has 0 aliphatic heterocycles. The van der Waals surface area contributed by atoms with Crippen molar-refractivity contribution in [2.24, 2.45) is 5.92 Å². The fraction of sp³-hybridized carbons (Fsp3) is 0.244. The van der Waals surface area contributed by atoms with Crippen LogP contribution in [0.15, 0.2) is 121 Å². The number of ether oxygens (including phenoxy) is 1. The first-order valence-corrected chi connectivity index (χ1v) is 15.7. The van der Waals surface area contributed by atoms with Gasteiger partial charge >= 0.3 is 0 Å². The third-order valence-corrected chi connectivity index (χ3v) is 8.31. The summed E-state index contributed by atoms with van der Waals surface area (Å²) in [6.07, 6.45) is 1.78. The lowest BCUT2D eigenvalue weighted by Crippen LogP contribution is -2.47. The lowest BCUT2D eigenvalue weighted by molar-refractivity contribution is -0.139. The molecule has 5 aromatic rings. The highest BCUT2D eigenvalue weighted by Gasteiger charge is 2.36. The van der Waals surface area contributed by atoms with Gasteiger partial charge in [0.25, 0.3) is 0 Å². The number of hydrogen-bond acceptors (Lipinski definition) is 4. The van der Waals surface area contributed by atoms with Gasteiger partial charge in [-0.25, -0.2) is 0 Å². The van der Waals surface area contributed by atoms with Crippen LogP contribution in [0.5, 0.6) is 5.75 Å². The molecule has 0 amide bonds. The van der Waals surface area contributed by atoms with Gasteiger partial charge in [-0.05, 0) is 104 Å². The quantitative estimate of drug-likeness (QED) is 0.156. The normalized spacial score (nSPS) is 12.5. The monoisotopic (exact) mass is 597 g/mol. The van der Waals surface area contributed by atoms with Crippen molar-refractivity contribution in [1.82, 2.24) is 0 Å². The molecule has 0 saturated carbocycles. The Morgan fingerprint density at radius 2 is 1.02 bits per heavy atom. The molecule has 0 bridgehead atoms. The molecule has 4 nitrogen and oxygen atoms in total. The van der Waals surface area contributed by atoms with Crippen LogP contribution in [-0.4, -0.2) is 23.1 Å². The maximum atomic E-state index is 12.6. The van der Waals surface area contributed by atoms with E-state index in [2.05, 4.69) is 116 Å². The predicted molar refractivity (Wildman–Crippen MR) is 186 cm³/mol. The van der Waals surface area contributed by atoms with Gasteiger partial charge in [-0.3, -0.25) is 4.79 Å². The summed E-state index contributed by atoms with van der Waals surface area (Å²) in [6, 6.07) is 42.7. The second-order valence-electron chi connectivity index (χ2n) is 12.4. The lowest BCUT2D eigenvalue weighted by Gasteiger charge is -2.29. The summed E-state index contributed by atoms with van der Waals surface area (Å²) in [5.74, 6) is 0.246. The molecule has 230 valence electrons. The summed E-state index contributed by atoms with van der Waals surface area (Å²) < 4.78 is 5.94. The second kappa shape index (κ2) is 14.0. The average molecular weight is 598 g/mol. The van der Waals surface area contributed by atoms with Crippen molar-refractivity contribution in [3.8, 4) is 16.9 Å². The Labute approximate surface area is 268 Å². The Bertz CT molecular complexity index is 1690. The number of Topliss-reactive ketones (excluding diaryl/α,β-unsaturated/α-hetero) is 1. The minimum atomic E-state index is -1.24. The molecule has 1 N–H and O–H groups in total. The van der Waals surface area contributed by atoms with Gasteiger partial charge in [-0.15, -0.1) is 0 Å². The first-order chi connectivity index (χ1) is 21.6. The smallest absolute Gasteiger partial charge is 0.187 e. The van der Waals surface area contributed by atoms with Gasteiger partial charge in [0, 0.05) is 23.0 Å². The van der Waals surface area contributed by atoms with E-state index in [1.165, 1.54) is 33.4 Å². The number of anilines is 3. The fourth-order valence-electron chi connectivity index (χ4n) is 5.55. The summed E-state index contributed by atoms with van der Waals surface area (Å²) in [5.41, 5.74) is 9.43. The first-order valence-electron chi connectivity index (χ1n) is 15.7. The van der Waals surface area contributed by atoms with E-state index in [1.807, 2.05) is 38.1 Å². The molecule has 5 aromatic carbocycles. The number of aryl methyl sites for hydroxylation is 4. The number of aliphatic hydroxyl groups is 1. The zero-order valence-electron chi connectivity index (χ0n) is 27.0. The van der Waals surface area contributed by atoms with Crippen LogP contribution >= 0.6 is 0 Å². The van der Waals surface area contributed by atoms with Crippen LogP contribution in [0.25, 0.3) is 11.1 Å². The Hall–Kier alpha value is -4.67. The van der Waals surface area contributed by atoms with Gasteiger partial charge in [-0.1, -0.05) is 97.8 Å². The van der Waals surface area contributed by atoms with Crippen molar-refractivity contribution >= 4 is 22.8 Å². The van der Waals surface area contributed by atoms with E-state index in [9.17, 15) is 9.90 Å². The van der Waals surface area contributed by atoms with Crippen molar-refractivity contribution in [2.45, 2.75) is 53.1 Å². The molecule has 0 aliphatic rings. The molecule has 0 radical (unpaired) electrons. The Morgan fingerprint density at radius 1 is 0.644 bits per heavy atom. The van der Waals surface area contributed by atoms with E-state index >= 15 is 0 Å². The molecule has 0 fully saturated rings. The molecule has 0 spiro atoms. The van der Waals surface area contributed by atoms with Gasteiger partial charge in [-0.2, -0.15) is 0 Å². The highest BCUT2D eigenvalue weighted by atomic mass is 16.5. The van der Waals surface area contributed by atoms with Crippen LogP contribution in [0.4, 0.5) is 17.1 Å². The standard InChI is InChI=1S/C41H43NO3/c1-29(2)40(44)41(5,28-43)45-39-26-14-33(15-27-39)11-10-32-12-22-37(23-13-32)42(36-20-8-31(4)9-21-36)38-24-18-35(19-25-38)34-16-6-30(3)7-17-34/h6-9,12-27,29,43H,10-11,28H2,1-5H3. The number of ketones is 1. The van der Waals surface area contributed by atoms with E-state index in [0.717, 1.165) is 29.9 Å². The van der Waals surface area contributed by atoms with E-state index in [4.69, 9.17) is 4.74 Å². The number of hydrogen-bond donors (Lipinski definition) is 1. The van der Waals surface area contributed by atoms with Gasteiger partial charge in [0.1, 0.15) is 5.75 Å². The number of carbonyl (C=O) groups is 1. The number of nitrogens with zero attached hydrogens (tertiary/aromatic N) is 1. The van der Waals surface area contributed by atoms with Crippen molar-refractivity contribution in [3.05, 3.63) is 144 Å². The van der Waals surface area contributed by atoms with Crippen LogP contribution in [0.2, 0.25) is 0 Å². The molecule has 4 heteroatoms. The summed E-state index contributed by atoms with van der Waals surface area (Å²) in [6.45, 7) is 9.15. The third-order valence-electron chi connectivity index (χ3n) is 8.31. The Morgan fingerprint density at radius 3 is 1.47 bits per heavy atom. The Balaban J connectivity index is 1.29. The zero-order valence-corrected chi connectivity index (χ0v) is 27.0. The number of aliphatic hydroxyl groups excluding tert-OH is 1. The first kappa shape index (κ1) is 31.7. The van der Waals surface area contributed by atoms with Gasteiger partial charge in [0.2, 0.25) is 0 Å². The van der Waals surface area contributed by atoms with Gasteiger partial charge < -0.3 is 14.7 Å². The van der Waals surface area contributed by atoms with E-state index in [0.29, 0.717) is 5.75 Å². The Kier molecular flexibility index (Phi) is 9.85. The summed E-state index contributed by atoms with van der Waals surface area (Å²) in [4.78, 5) is 14.9. The van der Waals surface area contributed by atoms with Gasteiger partial charge in [0.15, 0.2) is 11.4 Å². The summed E-state index contributed by atoms with van der Waals surface area (Å²) in [5, 5.41) is 9.84. The van der Waals surface area contributed by atoms with Crippen LogP contribution in [0, 0.1) is 19.8 Å². The minimum absolute atomic E-state index is 0.113. The van der Waals surface area contributed by atoms with E-state index in [-0.39, 0.29) is 18.3 Å². The highest BCUT2D eigenvalue weighted by molar-refractivity contribution is 5.89. The van der Waals surface area contributed by atoms with Crippen LogP contribution < -0.4 is 9.64 Å². The molecule has 1 unspecified atom stereocenters.